The molecule has 0 atom stereocenters. The molecule has 0 heterocycles. The van der Waals surface area contributed by atoms with Crippen LogP contribution in [0.25, 0.3) is 0 Å². The van der Waals surface area contributed by atoms with E-state index in [4.69, 9.17) is 0 Å². The van der Waals surface area contributed by atoms with E-state index in [1.807, 2.05) is 0 Å². The second-order valence-electron chi connectivity index (χ2n) is 3.60. The fourth-order valence-electron chi connectivity index (χ4n) is 1.79. The third-order valence-electron chi connectivity index (χ3n) is 2.54. The minimum absolute atomic E-state index is 0.729. The number of nitrogens with one attached hydrogen (secondary N) is 1. The number of carbonyl (C=O) groups excluding carboxylic acids is 1. The monoisotopic (exact) mass is 169 g/mol. The lowest BCUT2D eigenvalue weighted by Gasteiger charge is -2.10. The maximum absolute atomic E-state index is 10.0. The molecule has 0 aliphatic heterocycles. The van der Waals surface area contributed by atoms with Crippen LogP contribution in [0.1, 0.15) is 44.9 Å². The van der Waals surface area contributed by atoms with Gasteiger partial charge in [-0.1, -0.05) is 12.8 Å². The number of rotatable bonds is 6. The predicted molar refractivity (Wildman–Crippen MR) is 50.2 cm³/mol. The van der Waals surface area contributed by atoms with Gasteiger partial charge in [-0.05, 0) is 32.2 Å². The lowest BCUT2D eigenvalue weighted by atomic mass is 10.2. The molecule has 2 nitrogen and oxygen atoms in total. The van der Waals surface area contributed by atoms with Gasteiger partial charge < -0.3 is 10.1 Å². The van der Waals surface area contributed by atoms with Gasteiger partial charge in [0.25, 0.3) is 0 Å². The highest BCUT2D eigenvalue weighted by molar-refractivity contribution is 5.48. The van der Waals surface area contributed by atoms with Crippen LogP contribution in [0.15, 0.2) is 0 Å². The van der Waals surface area contributed by atoms with Gasteiger partial charge in [-0.2, -0.15) is 0 Å². The Labute approximate surface area is 74.7 Å². The van der Waals surface area contributed by atoms with E-state index in [1.54, 1.807) is 0 Å². The molecule has 0 radical (unpaired) electrons. The van der Waals surface area contributed by atoms with E-state index in [0.29, 0.717) is 0 Å². The van der Waals surface area contributed by atoms with Gasteiger partial charge in [-0.25, -0.2) is 0 Å². The molecule has 0 saturated heterocycles. The molecule has 0 spiro atoms. The minimum Gasteiger partial charge on any atom is -0.314 e. The van der Waals surface area contributed by atoms with E-state index >= 15 is 0 Å². The van der Waals surface area contributed by atoms with Crippen LogP contribution in [0, 0.1) is 0 Å². The Morgan fingerprint density at radius 2 is 2.00 bits per heavy atom. The van der Waals surface area contributed by atoms with Crippen molar-refractivity contribution in [3.8, 4) is 0 Å². The molecule has 0 aromatic heterocycles. The topological polar surface area (TPSA) is 29.1 Å². The van der Waals surface area contributed by atoms with Crippen molar-refractivity contribution in [1.82, 2.24) is 5.32 Å². The van der Waals surface area contributed by atoms with E-state index in [1.165, 1.54) is 25.7 Å². The largest absolute Gasteiger partial charge is 0.314 e. The van der Waals surface area contributed by atoms with Gasteiger partial charge in [0.2, 0.25) is 0 Å². The lowest BCUT2D eigenvalue weighted by molar-refractivity contribution is -0.107. The SMILES string of the molecule is O=CCCCCNC1CCCC1. The highest BCUT2D eigenvalue weighted by atomic mass is 16.1. The Balaban J connectivity index is 1.84. The Bertz CT molecular complexity index is 119. The van der Waals surface area contributed by atoms with Gasteiger partial charge in [-0.15, -0.1) is 0 Å². The summed E-state index contributed by atoms with van der Waals surface area (Å²) in [4.78, 5) is 10.0. The van der Waals surface area contributed by atoms with Crippen molar-refractivity contribution in [2.24, 2.45) is 0 Å². The fraction of sp³-hybridized carbons (Fsp3) is 0.900. The Morgan fingerprint density at radius 1 is 1.25 bits per heavy atom. The third kappa shape index (κ3) is 3.86. The molecule has 0 aromatic carbocycles. The number of hydrogen-bond donors (Lipinski definition) is 1. The highest BCUT2D eigenvalue weighted by Crippen LogP contribution is 2.17. The van der Waals surface area contributed by atoms with E-state index in [2.05, 4.69) is 5.32 Å². The van der Waals surface area contributed by atoms with Gasteiger partial charge in [-0.3, -0.25) is 0 Å². The van der Waals surface area contributed by atoms with Crippen molar-refractivity contribution in [2.45, 2.75) is 51.0 Å². The molecule has 1 rings (SSSR count). The number of unbranched alkanes of at least 4 members (excludes halogenated alkanes) is 2. The van der Waals surface area contributed by atoms with Crippen molar-refractivity contribution in [3.05, 3.63) is 0 Å². The van der Waals surface area contributed by atoms with Crippen LogP contribution >= 0.6 is 0 Å². The molecular formula is C10H19NO. The van der Waals surface area contributed by atoms with Crippen molar-refractivity contribution < 1.29 is 4.79 Å². The fourth-order valence-corrected chi connectivity index (χ4v) is 1.79. The maximum atomic E-state index is 10.0. The van der Waals surface area contributed by atoms with E-state index in [0.717, 1.165) is 38.1 Å². The maximum Gasteiger partial charge on any atom is 0.119 e. The lowest BCUT2D eigenvalue weighted by Crippen LogP contribution is -2.26. The minimum atomic E-state index is 0.729. The molecule has 0 aromatic rings. The van der Waals surface area contributed by atoms with Crippen molar-refractivity contribution in [3.63, 3.8) is 0 Å². The normalized spacial score (nSPS) is 18.3. The van der Waals surface area contributed by atoms with Crippen molar-refractivity contribution >= 4 is 6.29 Å². The first-order valence-electron chi connectivity index (χ1n) is 5.10. The molecule has 0 amide bonds. The summed E-state index contributed by atoms with van der Waals surface area (Å²) >= 11 is 0. The second kappa shape index (κ2) is 6.18. The Kier molecular flexibility index (Phi) is 5.00. The van der Waals surface area contributed by atoms with Gasteiger partial charge in [0.15, 0.2) is 0 Å². The van der Waals surface area contributed by atoms with Gasteiger partial charge >= 0.3 is 0 Å². The van der Waals surface area contributed by atoms with Crippen LogP contribution < -0.4 is 5.32 Å². The quantitative estimate of drug-likeness (QED) is 0.486. The summed E-state index contributed by atoms with van der Waals surface area (Å²) in [6.45, 7) is 1.10. The van der Waals surface area contributed by atoms with E-state index in [9.17, 15) is 4.79 Å². The van der Waals surface area contributed by atoms with Crippen LogP contribution in [0.5, 0.6) is 0 Å². The van der Waals surface area contributed by atoms with Crippen LogP contribution in [-0.4, -0.2) is 18.9 Å². The summed E-state index contributed by atoms with van der Waals surface area (Å²) in [5, 5.41) is 3.52. The first-order chi connectivity index (χ1) is 5.93. The molecule has 1 aliphatic carbocycles. The van der Waals surface area contributed by atoms with Crippen LogP contribution in [0.4, 0.5) is 0 Å². The average Bonchev–Trinajstić information content (AvgIpc) is 2.57. The van der Waals surface area contributed by atoms with Crippen molar-refractivity contribution in [2.75, 3.05) is 6.54 Å². The molecular weight excluding hydrogens is 150 g/mol. The van der Waals surface area contributed by atoms with E-state index in [-0.39, 0.29) is 0 Å². The zero-order valence-corrected chi connectivity index (χ0v) is 7.72. The molecule has 70 valence electrons. The molecule has 1 aliphatic rings. The number of aldehydes is 1. The van der Waals surface area contributed by atoms with Gasteiger partial charge in [0, 0.05) is 12.5 Å². The molecule has 1 saturated carbocycles. The third-order valence-corrected chi connectivity index (χ3v) is 2.54. The first-order valence-corrected chi connectivity index (χ1v) is 5.10. The summed E-state index contributed by atoms with van der Waals surface area (Å²) in [7, 11) is 0. The molecule has 12 heavy (non-hydrogen) atoms. The first kappa shape index (κ1) is 9.72. The van der Waals surface area contributed by atoms with E-state index < -0.39 is 0 Å². The standard InChI is InChI=1S/C10H19NO/c12-9-5-1-4-8-11-10-6-2-3-7-10/h9-11H,1-8H2. The van der Waals surface area contributed by atoms with Crippen molar-refractivity contribution in [1.29, 1.82) is 0 Å². The summed E-state index contributed by atoms with van der Waals surface area (Å²) in [5.41, 5.74) is 0. The zero-order chi connectivity index (χ0) is 8.65. The number of carbonyl (C=O) groups is 1. The van der Waals surface area contributed by atoms with Crippen LogP contribution in [-0.2, 0) is 4.79 Å². The molecule has 2 heteroatoms. The average molecular weight is 169 g/mol. The van der Waals surface area contributed by atoms with Gasteiger partial charge in [0.1, 0.15) is 6.29 Å². The Morgan fingerprint density at radius 3 is 2.67 bits per heavy atom. The summed E-state index contributed by atoms with van der Waals surface area (Å²) in [6.07, 6.45) is 9.43. The van der Waals surface area contributed by atoms with Crippen LogP contribution in [0.2, 0.25) is 0 Å². The molecule has 0 bridgehead atoms. The predicted octanol–water partition coefficient (Wildman–Crippen LogP) is 1.89. The summed E-state index contributed by atoms with van der Waals surface area (Å²) in [6, 6.07) is 0.779. The molecule has 0 unspecified atom stereocenters. The molecule has 1 N–H and O–H groups in total. The second-order valence-corrected chi connectivity index (χ2v) is 3.60. The zero-order valence-electron chi connectivity index (χ0n) is 7.72. The summed E-state index contributed by atoms with van der Waals surface area (Å²) < 4.78 is 0. The van der Waals surface area contributed by atoms with Crippen LogP contribution in [0.3, 0.4) is 0 Å². The highest BCUT2D eigenvalue weighted by Gasteiger charge is 2.12. The number of hydrogen-bond acceptors (Lipinski definition) is 2. The molecule has 1 fully saturated rings. The summed E-state index contributed by atoms with van der Waals surface area (Å²) in [5.74, 6) is 0. The Hall–Kier alpha value is -0.370. The van der Waals surface area contributed by atoms with Gasteiger partial charge in [0.05, 0.1) is 0 Å². The smallest absolute Gasteiger partial charge is 0.119 e.